The molecule has 1 aromatic carbocycles. The van der Waals surface area contributed by atoms with Crippen molar-refractivity contribution in [2.45, 2.75) is 19.9 Å². The molecule has 0 fully saturated rings. The molecule has 0 aliphatic heterocycles. The Hall–Kier alpha value is -2.36. The number of aromatic nitrogens is 1. The molecule has 1 amide bonds. The number of carbonyl (C=O) groups is 1. The predicted molar refractivity (Wildman–Crippen MR) is 75.7 cm³/mol. The molecular formula is C15H17N3O. The molecule has 3 N–H and O–H groups in total. The second kappa shape index (κ2) is 5.52. The molecule has 0 bridgehead atoms. The number of carbonyl (C=O) groups excluding carboxylic acids is 1. The van der Waals surface area contributed by atoms with E-state index in [4.69, 9.17) is 5.73 Å². The molecule has 0 saturated carbocycles. The lowest BCUT2D eigenvalue weighted by atomic mass is 10.1. The van der Waals surface area contributed by atoms with E-state index in [0.29, 0.717) is 5.69 Å². The van der Waals surface area contributed by atoms with Crippen molar-refractivity contribution in [2.24, 2.45) is 0 Å². The lowest BCUT2D eigenvalue weighted by Crippen LogP contribution is -2.28. The monoisotopic (exact) mass is 255 g/mol. The summed E-state index contributed by atoms with van der Waals surface area (Å²) in [6.45, 7) is 3.96. The molecule has 4 heteroatoms. The molecule has 1 atom stereocenters. The number of hydrogen-bond acceptors (Lipinski definition) is 3. The summed E-state index contributed by atoms with van der Waals surface area (Å²) < 4.78 is 0. The molecule has 1 heterocycles. The van der Waals surface area contributed by atoms with Crippen LogP contribution >= 0.6 is 0 Å². The number of anilines is 1. The Morgan fingerprint density at radius 3 is 2.58 bits per heavy atom. The molecule has 0 spiro atoms. The van der Waals surface area contributed by atoms with Crippen molar-refractivity contribution in [1.82, 2.24) is 10.3 Å². The Kier molecular flexibility index (Phi) is 3.80. The van der Waals surface area contributed by atoms with Gasteiger partial charge in [0.05, 0.1) is 11.7 Å². The van der Waals surface area contributed by atoms with Gasteiger partial charge in [0, 0.05) is 6.20 Å². The topological polar surface area (TPSA) is 68.0 Å². The summed E-state index contributed by atoms with van der Waals surface area (Å²) in [5.74, 6) is -0.258. The van der Waals surface area contributed by atoms with Crippen molar-refractivity contribution < 1.29 is 4.79 Å². The van der Waals surface area contributed by atoms with Crippen molar-refractivity contribution in [1.29, 1.82) is 0 Å². The summed E-state index contributed by atoms with van der Waals surface area (Å²) in [6.07, 6.45) is 1.56. The van der Waals surface area contributed by atoms with E-state index >= 15 is 0 Å². The van der Waals surface area contributed by atoms with E-state index in [2.05, 4.69) is 10.3 Å². The summed E-state index contributed by atoms with van der Waals surface area (Å²) in [5, 5.41) is 2.89. The average Bonchev–Trinajstić information content (AvgIpc) is 2.39. The van der Waals surface area contributed by atoms with Crippen molar-refractivity contribution in [3.63, 3.8) is 0 Å². The molecule has 0 radical (unpaired) electrons. The molecule has 0 saturated heterocycles. The number of benzene rings is 1. The molecule has 1 aromatic heterocycles. The van der Waals surface area contributed by atoms with Crippen LogP contribution in [-0.4, -0.2) is 10.9 Å². The number of nitrogens with one attached hydrogen (secondary N) is 1. The number of hydrogen-bond donors (Lipinski definition) is 2. The van der Waals surface area contributed by atoms with Crippen LogP contribution in [0.1, 0.15) is 34.6 Å². The van der Waals surface area contributed by atoms with E-state index in [0.717, 1.165) is 5.56 Å². The first-order valence-corrected chi connectivity index (χ1v) is 6.16. The van der Waals surface area contributed by atoms with Gasteiger partial charge in [-0.25, -0.2) is 4.98 Å². The van der Waals surface area contributed by atoms with E-state index in [1.807, 2.05) is 38.1 Å². The van der Waals surface area contributed by atoms with E-state index in [1.54, 1.807) is 18.3 Å². The maximum atomic E-state index is 12.1. The number of aryl methyl sites for hydroxylation is 1. The van der Waals surface area contributed by atoms with Gasteiger partial charge in [-0.05, 0) is 31.5 Å². The molecule has 0 aliphatic carbocycles. The zero-order valence-electron chi connectivity index (χ0n) is 11.1. The summed E-state index contributed by atoms with van der Waals surface area (Å²) >= 11 is 0. The van der Waals surface area contributed by atoms with Gasteiger partial charge in [0.2, 0.25) is 0 Å². The highest BCUT2D eigenvalue weighted by molar-refractivity contribution is 5.97. The van der Waals surface area contributed by atoms with Crippen molar-refractivity contribution >= 4 is 11.6 Å². The van der Waals surface area contributed by atoms with Crippen LogP contribution in [0.2, 0.25) is 0 Å². The minimum absolute atomic E-state index is 0.0884. The molecule has 2 rings (SSSR count). The van der Waals surface area contributed by atoms with Gasteiger partial charge in [0.15, 0.2) is 5.69 Å². The van der Waals surface area contributed by atoms with E-state index in [1.165, 1.54) is 5.56 Å². The first-order valence-electron chi connectivity index (χ1n) is 6.16. The van der Waals surface area contributed by atoms with E-state index in [-0.39, 0.29) is 17.6 Å². The minimum atomic E-state index is -0.258. The maximum absolute atomic E-state index is 12.1. The van der Waals surface area contributed by atoms with Gasteiger partial charge in [0.1, 0.15) is 0 Å². The molecular weight excluding hydrogens is 238 g/mol. The van der Waals surface area contributed by atoms with E-state index in [9.17, 15) is 4.79 Å². The smallest absolute Gasteiger partial charge is 0.272 e. The van der Waals surface area contributed by atoms with Crippen LogP contribution in [0.3, 0.4) is 0 Å². The van der Waals surface area contributed by atoms with Crippen LogP contribution in [0, 0.1) is 6.92 Å². The lowest BCUT2D eigenvalue weighted by molar-refractivity contribution is 0.0936. The average molecular weight is 255 g/mol. The number of nitrogens with zero attached hydrogens (tertiary/aromatic N) is 1. The summed E-state index contributed by atoms with van der Waals surface area (Å²) in [7, 11) is 0. The van der Waals surface area contributed by atoms with Crippen molar-refractivity contribution in [2.75, 3.05) is 5.73 Å². The largest absolute Gasteiger partial charge is 0.397 e. The number of amides is 1. The zero-order valence-corrected chi connectivity index (χ0v) is 11.1. The number of nitrogens with two attached hydrogens (primary N) is 1. The van der Waals surface area contributed by atoms with Gasteiger partial charge in [-0.1, -0.05) is 29.8 Å². The Balaban J connectivity index is 2.11. The summed E-state index contributed by atoms with van der Waals surface area (Å²) in [4.78, 5) is 16.1. The number of nitrogen functional groups attached to an aromatic ring is 1. The van der Waals surface area contributed by atoms with Gasteiger partial charge >= 0.3 is 0 Å². The van der Waals surface area contributed by atoms with Gasteiger partial charge in [-0.3, -0.25) is 4.79 Å². The first kappa shape index (κ1) is 13.1. The molecule has 2 aromatic rings. The quantitative estimate of drug-likeness (QED) is 0.885. The Bertz CT molecular complexity index is 578. The van der Waals surface area contributed by atoms with Gasteiger partial charge in [0.25, 0.3) is 5.91 Å². The molecule has 1 unspecified atom stereocenters. The maximum Gasteiger partial charge on any atom is 0.272 e. The SMILES string of the molecule is Cc1ccc(C(C)NC(=O)c2ncccc2N)cc1. The first-order chi connectivity index (χ1) is 9.08. The van der Waals surface area contributed by atoms with Crippen LogP contribution in [0.15, 0.2) is 42.6 Å². The van der Waals surface area contributed by atoms with Gasteiger partial charge in [-0.2, -0.15) is 0 Å². The third kappa shape index (κ3) is 3.10. The Labute approximate surface area is 112 Å². The normalized spacial score (nSPS) is 11.9. The van der Waals surface area contributed by atoms with Crippen LogP contribution in [0.25, 0.3) is 0 Å². The predicted octanol–water partition coefficient (Wildman–Crippen LogP) is 2.46. The second-order valence-corrected chi connectivity index (χ2v) is 4.55. The Morgan fingerprint density at radius 1 is 1.26 bits per heavy atom. The van der Waals surface area contributed by atoms with Gasteiger partial charge in [-0.15, -0.1) is 0 Å². The highest BCUT2D eigenvalue weighted by Gasteiger charge is 2.14. The summed E-state index contributed by atoms with van der Waals surface area (Å²) in [5.41, 5.74) is 8.62. The fourth-order valence-corrected chi connectivity index (χ4v) is 1.81. The lowest BCUT2D eigenvalue weighted by Gasteiger charge is -2.14. The molecule has 4 nitrogen and oxygen atoms in total. The molecule has 19 heavy (non-hydrogen) atoms. The highest BCUT2D eigenvalue weighted by atomic mass is 16.1. The fraction of sp³-hybridized carbons (Fsp3) is 0.200. The van der Waals surface area contributed by atoms with Crippen LogP contribution in [0.5, 0.6) is 0 Å². The minimum Gasteiger partial charge on any atom is -0.397 e. The third-order valence-electron chi connectivity index (χ3n) is 2.98. The zero-order chi connectivity index (χ0) is 13.8. The van der Waals surface area contributed by atoms with Crippen LogP contribution < -0.4 is 11.1 Å². The van der Waals surface area contributed by atoms with E-state index < -0.39 is 0 Å². The van der Waals surface area contributed by atoms with Gasteiger partial charge < -0.3 is 11.1 Å². The van der Waals surface area contributed by atoms with Crippen LogP contribution in [0.4, 0.5) is 5.69 Å². The second-order valence-electron chi connectivity index (χ2n) is 4.55. The fourth-order valence-electron chi connectivity index (χ4n) is 1.81. The van der Waals surface area contributed by atoms with Crippen LogP contribution in [-0.2, 0) is 0 Å². The molecule has 98 valence electrons. The van der Waals surface area contributed by atoms with Crippen molar-refractivity contribution in [3.05, 3.63) is 59.4 Å². The Morgan fingerprint density at radius 2 is 1.95 bits per heavy atom. The molecule has 0 aliphatic rings. The third-order valence-corrected chi connectivity index (χ3v) is 2.98. The summed E-state index contributed by atoms with van der Waals surface area (Å²) in [6, 6.07) is 11.3. The number of pyridine rings is 1. The van der Waals surface area contributed by atoms with Crippen molar-refractivity contribution in [3.8, 4) is 0 Å². The standard InChI is InChI=1S/C15H17N3O/c1-10-5-7-12(8-6-10)11(2)18-15(19)14-13(16)4-3-9-17-14/h3-9,11H,16H2,1-2H3,(H,18,19). The highest BCUT2D eigenvalue weighted by Crippen LogP contribution is 2.15. The number of rotatable bonds is 3.